The molecule has 0 fully saturated rings. The van der Waals surface area contributed by atoms with Crippen LogP contribution in [-0.4, -0.2) is 39.8 Å². The Bertz CT molecular complexity index is 986. The minimum atomic E-state index is -1.07. The summed E-state index contributed by atoms with van der Waals surface area (Å²) in [7, 11) is 1.56. The summed E-state index contributed by atoms with van der Waals surface area (Å²) in [5, 5.41) is 11.9. The number of imidazole rings is 1. The van der Waals surface area contributed by atoms with Crippen LogP contribution >= 0.6 is 11.6 Å². The topological polar surface area (TPSA) is 100 Å². The number of pyridine rings is 1. The van der Waals surface area contributed by atoms with Gasteiger partial charge < -0.3 is 20.1 Å². The van der Waals surface area contributed by atoms with Crippen LogP contribution in [0.25, 0.3) is 22.5 Å². The Hall–Kier alpha value is -3.06. The normalized spacial score (nSPS) is 11.3. The summed E-state index contributed by atoms with van der Waals surface area (Å²) in [6.45, 7) is 4.06. The maximum Gasteiger partial charge on any atom is 0.404 e. The number of aromatic nitrogens is 3. The van der Waals surface area contributed by atoms with Crippen LogP contribution in [0.2, 0.25) is 5.02 Å². The molecule has 0 radical (unpaired) electrons. The number of rotatable bonds is 6. The molecule has 0 aliphatic rings. The van der Waals surface area contributed by atoms with Gasteiger partial charge >= 0.3 is 6.09 Å². The zero-order chi connectivity index (χ0) is 20.3. The summed E-state index contributed by atoms with van der Waals surface area (Å²) in [4.78, 5) is 23.2. The maximum absolute atomic E-state index is 10.9. The fourth-order valence-electron chi connectivity index (χ4n) is 2.82. The van der Waals surface area contributed by atoms with Crippen LogP contribution in [0.3, 0.4) is 0 Å². The lowest BCUT2D eigenvalue weighted by Gasteiger charge is -2.21. The van der Waals surface area contributed by atoms with E-state index in [0.717, 1.165) is 22.5 Å². The van der Waals surface area contributed by atoms with Gasteiger partial charge in [0, 0.05) is 35.5 Å². The summed E-state index contributed by atoms with van der Waals surface area (Å²) >= 11 is 6.16. The molecule has 3 rings (SSSR count). The number of ether oxygens (including phenoxy) is 1. The van der Waals surface area contributed by atoms with Gasteiger partial charge in [-0.25, -0.2) is 9.78 Å². The molecule has 7 nitrogen and oxygen atoms in total. The van der Waals surface area contributed by atoms with Crippen molar-refractivity contribution in [3.63, 3.8) is 0 Å². The van der Waals surface area contributed by atoms with E-state index < -0.39 is 11.5 Å². The highest BCUT2D eigenvalue weighted by atomic mass is 35.5. The van der Waals surface area contributed by atoms with E-state index in [-0.39, 0.29) is 6.54 Å². The summed E-state index contributed by atoms with van der Waals surface area (Å²) in [6.07, 6.45) is 2.34. The second-order valence-corrected chi connectivity index (χ2v) is 7.34. The predicted octanol–water partition coefficient (Wildman–Crippen LogP) is 4.35. The van der Waals surface area contributed by atoms with Gasteiger partial charge in [0.05, 0.1) is 23.5 Å². The van der Waals surface area contributed by atoms with E-state index in [9.17, 15) is 4.79 Å². The first-order chi connectivity index (χ1) is 13.3. The molecule has 0 saturated carbocycles. The molecule has 146 valence electrons. The van der Waals surface area contributed by atoms with E-state index in [1.54, 1.807) is 25.6 Å². The van der Waals surface area contributed by atoms with Crippen molar-refractivity contribution in [2.24, 2.45) is 0 Å². The summed E-state index contributed by atoms with van der Waals surface area (Å²) in [6, 6.07) is 9.23. The SMILES string of the molecule is COc1cc(-c2nc(C(C)(C)CNC(=O)O)[nH]c2-c2ccncc2)ccc1Cl. The van der Waals surface area contributed by atoms with Gasteiger partial charge in [-0.3, -0.25) is 4.98 Å². The lowest BCUT2D eigenvalue weighted by molar-refractivity contribution is 0.191. The Morgan fingerprint density at radius 3 is 2.61 bits per heavy atom. The Kier molecular flexibility index (Phi) is 5.56. The molecule has 1 aromatic carbocycles. The summed E-state index contributed by atoms with van der Waals surface area (Å²) in [5.74, 6) is 1.22. The van der Waals surface area contributed by atoms with Gasteiger partial charge in [0.25, 0.3) is 0 Å². The van der Waals surface area contributed by atoms with E-state index in [1.165, 1.54) is 0 Å². The molecule has 1 amide bonds. The standard InChI is InChI=1S/C20H21ClN4O3/c1-20(2,11-23-19(26)27)18-24-16(12-6-8-22-9-7-12)17(25-18)13-4-5-14(21)15(10-13)28-3/h4-10,23H,11H2,1-3H3,(H,24,25)(H,26,27). The second kappa shape index (κ2) is 7.90. The third-order valence-corrected chi connectivity index (χ3v) is 4.73. The zero-order valence-corrected chi connectivity index (χ0v) is 16.5. The molecular weight excluding hydrogens is 380 g/mol. The monoisotopic (exact) mass is 400 g/mol. The molecule has 0 aliphatic heterocycles. The Labute approximate surface area is 167 Å². The molecular formula is C20H21ClN4O3. The van der Waals surface area contributed by atoms with Gasteiger partial charge in [-0.15, -0.1) is 0 Å². The quantitative estimate of drug-likeness (QED) is 0.571. The van der Waals surface area contributed by atoms with Gasteiger partial charge in [0.15, 0.2) is 0 Å². The number of nitrogens with zero attached hydrogens (tertiary/aromatic N) is 2. The van der Waals surface area contributed by atoms with E-state index >= 15 is 0 Å². The number of H-pyrrole nitrogens is 1. The number of benzene rings is 1. The highest BCUT2D eigenvalue weighted by Gasteiger charge is 2.27. The fourth-order valence-corrected chi connectivity index (χ4v) is 3.01. The van der Waals surface area contributed by atoms with Crippen LogP contribution in [0.5, 0.6) is 5.75 Å². The third kappa shape index (κ3) is 4.09. The lowest BCUT2D eigenvalue weighted by atomic mass is 9.92. The van der Waals surface area contributed by atoms with Crippen LogP contribution < -0.4 is 10.1 Å². The Morgan fingerprint density at radius 2 is 1.96 bits per heavy atom. The van der Waals surface area contributed by atoms with E-state index in [2.05, 4.69) is 15.3 Å². The number of nitrogens with one attached hydrogen (secondary N) is 2. The van der Waals surface area contributed by atoms with E-state index in [4.69, 9.17) is 26.4 Å². The smallest absolute Gasteiger partial charge is 0.404 e. The van der Waals surface area contributed by atoms with Crippen molar-refractivity contribution in [2.45, 2.75) is 19.3 Å². The minimum Gasteiger partial charge on any atom is -0.495 e. The third-order valence-electron chi connectivity index (χ3n) is 4.42. The van der Waals surface area contributed by atoms with Gasteiger partial charge in [-0.1, -0.05) is 31.5 Å². The van der Waals surface area contributed by atoms with Crippen molar-refractivity contribution in [1.29, 1.82) is 0 Å². The van der Waals surface area contributed by atoms with E-state index in [0.29, 0.717) is 16.6 Å². The van der Waals surface area contributed by atoms with Crippen LogP contribution in [-0.2, 0) is 5.41 Å². The highest BCUT2D eigenvalue weighted by molar-refractivity contribution is 6.32. The number of methoxy groups -OCH3 is 1. The number of hydrogen-bond donors (Lipinski definition) is 3. The number of amides is 1. The van der Waals surface area contributed by atoms with E-state index in [1.807, 2.05) is 38.1 Å². The number of aromatic amines is 1. The summed E-state index contributed by atoms with van der Waals surface area (Å²) in [5.41, 5.74) is 2.73. The van der Waals surface area contributed by atoms with Crippen LogP contribution in [0, 0.1) is 0 Å². The van der Waals surface area contributed by atoms with Crippen molar-refractivity contribution in [1.82, 2.24) is 20.3 Å². The predicted molar refractivity (Wildman–Crippen MR) is 108 cm³/mol. The van der Waals surface area contributed by atoms with Crippen molar-refractivity contribution in [2.75, 3.05) is 13.7 Å². The molecule has 28 heavy (non-hydrogen) atoms. The molecule has 3 aromatic rings. The molecule has 3 N–H and O–H groups in total. The van der Waals surface area contributed by atoms with Crippen molar-refractivity contribution < 1.29 is 14.6 Å². The molecule has 0 atom stereocenters. The highest BCUT2D eigenvalue weighted by Crippen LogP contribution is 2.36. The van der Waals surface area contributed by atoms with Crippen LogP contribution in [0.15, 0.2) is 42.7 Å². The maximum atomic E-state index is 10.9. The Morgan fingerprint density at radius 1 is 1.25 bits per heavy atom. The molecule has 2 heterocycles. The van der Waals surface area contributed by atoms with Crippen LogP contribution in [0.4, 0.5) is 4.79 Å². The Balaban J connectivity index is 2.13. The van der Waals surface area contributed by atoms with Gasteiger partial charge in [0.2, 0.25) is 0 Å². The van der Waals surface area contributed by atoms with Crippen molar-refractivity contribution >= 4 is 17.7 Å². The van der Waals surface area contributed by atoms with Gasteiger partial charge in [-0.05, 0) is 24.3 Å². The molecule has 8 heteroatoms. The fraction of sp³-hybridized carbons (Fsp3) is 0.250. The average Bonchev–Trinajstić information content (AvgIpc) is 3.14. The van der Waals surface area contributed by atoms with Gasteiger partial charge in [-0.2, -0.15) is 0 Å². The summed E-state index contributed by atoms with van der Waals surface area (Å²) < 4.78 is 5.34. The molecule has 0 aliphatic carbocycles. The van der Waals surface area contributed by atoms with Crippen molar-refractivity contribution in [3.05, 3.63) is 53.6 Å². The number of carbonyl (C=O) groups is 1. The number of hydrogen-bond acceptors (Lipinski definition) is 4. The first-order valence-electron chi connectivity index (χ1n) is 8.63. The van der Waals surface area contributed by atoms with Crippen LogP contribution in [0.1, 0.15) is 19.7 Å². The molecule has 2 aromatic heterocycles. The minimum absolute atomic E-state index is 0.217. The number of halogens is 1. The largest absolute Gasteiger partial charge is 0.495 e. The zero-order valence-electron chi connectivity index (χ0n) is 15.8. The van der Waals surface area contributed by atoms with Gasteiger partial charge in [0.1, 0.15) is 11.6 Å². The molecule has 0 unspecified atom stereocenters. The molecule has 0 saturated heterocycles. The average molecular weight is 401 g/mol. The number of carboxylic acid groups (broad SMARTS) is 1. The first kappa shape index (κ1) is 19.7. The molecule has 0 spiro atoms. The first-order valence-corrected chi connectivity index (χ1v) is 9.01. The van der Waals surface area contributed by atoms with Crippen molar-refractivity contribution in [3.8, 4) is 28.3 Å². The lowest BCUT2D eigenvalue weighted by Crippen LogP contribution is -2.36. The second-order valence-electron chi connectivity index (χ2n) is 6.94. The molecule has 0 bridgehead atoms.